The molecule has 0 unspecified atom stereocenters. The number of rotatable bonds is 10. The van der Waals surface area contributed by atoms with Crippen LogP contribution in [0.3, 0.4) is 0 Å². The third-order valence-electron chi connectivity index (χ3n) is 10.1. The van der Waals surface area contributed by atoms with Crippen molar-refractivity contribution in [3.63, 3.8) is 0 Å². The van der Waals surface area contributed by atoms with Gasteiger partial charge in [0.25, 0.3) is 11.5 Å². The molecule has 316 valence electrons. The number of morpholine rings is 1. The molecule has 2 aromatic carbocycles. The molecule has 16 heteroatoms. The highest BCUT2D eigenvalue weighted by molar-refractivity contribution is 5.99. The number of aryl methyl sites for hydroxylation is 2. The minimum atomic E-state index is -2.17. The number of nitrogens with zero attached hydrogens (tertiary/aromatic N) is 6. The van der Waals surface area contributed by atoms with E-state index in [1.165, 1.54) is 29.4 Å². The Kier molecular flexibility index (Phi) is 15.8. The number of fused-ring (bicyclic) bond motifs is 2. The van der Waals surface area contributed by atoms with E-state index in [-0.39, 0.29) is 24.3 Å². The van der Waals surface area contributed by atoms with E-state index in [1.54, 1.807) is 56.6 Å². The van der Waals surface area contributed by atoms with Crippen LogP contribution in [0.2, 0.25) is 0 Å². The molecule has 2 fully saturated rings. The lowest BCUT2D eigenvalue weighted by Gasteiger charge is -2.29. The van der Waals surface area contributed by atoms with Gasteiger partial charge in [-0.3, -0.25) is 29.0 Å². The average Bonchev–Trinajstić information content (AvgIpc) is 3.24. The number of alkyl halides is 2. The molecule has 0 spiro atoms. The number of anilines is 1. The van der Waals surface area contributed by atoms with Crippen LogP contribution in [0.5, 0.6) is 0 Å². The lowest BCUT2D eigenvalue weighted by atomic mass is 9.99. The lowest BCUT2D eigenvalue weighted by molar-refractivity contribution is -0.146. The van der Waals surface area contributed by atoms with Crippen LogP contribution in [-0.2, 0) is 27.7 Å². The van der Waals surface area contributed by atoms with E-state index in [0.29, 0.717) is 71.5 Å². The van der Waals surface area contributed by atoms with Gasteiger partial charge in [0.05, 0.1) is 47.1 Å². The van der Waals surface area contributed by atoms with Gasteiger partial charge in [-0.25, -0.2) is 27.3 Å². The number of nitrogens with one attached hydrogen (secondary N) is 1. The van der Waals surface area contributed by atoms with Gasteiger partial charge in [0.1, 0.15) is 18.5 Å². The topological polar surface area (TPSA) is 141 Å². The molecule has 3 aromatic heterocycles. The number of halogens is 3. The van der Waals surface area contributed by atoms with Crippen LogP contribution in [0.1, 0.15) is 61.5 Å². The first-order chi connectivity index (χ1) is 28.4. The average molecular weight is 820 g/mol. The standard InChI is InChI=1S/C39H42FN7O6.C2H4F2.C2H6/c1-25-21-27(46-16-18-52-19-17-46)23-30(40)34(25)36(48)43-31(38(50)53-20-15-45-13-4-3-5-14-45)22-26-8-9-32(35-28(26)7-6-11-42-35)47-37(49)29-10-12-41-24-33(29)44(2)39(47)51;1-2(3)4;1-2/h6-12,21,23-24,31H,3-5,13-20,22H2,1-2H3,(H,43,48);2H,1H3;1-2H3/t31-;;/m0../s1. The van der Waals surface area contributed by atoms with Gasteiger partial charge in [0.15, 0.2) is 0 Å². The highest BCUT2D eigenvalue weighted by atomic mass is 19.3. The van der Waals surface area contributed by atoms with Crippen LogP contribution in [-0.4, -0.2) is 101 Å². The first kappa shape index (κ1) is 44.5. The Morgan fingerprint density at radius 2 is 1.68 bits per heavy atom. The van der Waals surface area contributed by atoms with E-state index < -0.39 is 41.4 Å². The van der Waals surface area contributed by atoms with Crippen molar-refractivity contribution in [2.75, 3.05) is 57.4 Å². The van der Waals surface area contributed by atoms with Crippen molar-refractivity contribution in [2.45, 2.75) is 65.8 Å². The van der Waals surface area contributed by atoms with Gasteiger partial charge >= 0.3 is 11.7 Å². The van der Waals surface area contributed by atoms with Gasteiger partial charge in [-0.05, 0) is 81.2 Å². The maximum absolute atomic E-state index is 15.7. The Morgan fingerprint density at radius 1 is 0.966 bits per heavy atom. The second kappa shape index (κ2) is 20.9. The summed E-state index contributed by atoms with van der Waals surface area (Å²) in [5.74, 6) is -2.10. The number of carbonyl (C=O) groups is 2. The predicted molar refractivity (Wildman–Crippen MR) is 221 cm³/mol. The first-order valence-corrected chi connectivity index (χ1v) is 20.0. The van der Waals surface area contributed by atoms with Gasteiger partial charge in [-0.2, -0.15) is 0 Å². The molecule has 1 amide bonds. The van der Waals surface area contributed by atoms with Crippen molar-refractivity contribution in [1.82, 2.24) is 29.3 Å². The summed E-state index contributed by atoms with van der Waals surface area (Å²) in [7, 11) is 1.57. The molecule has 13 nitrogen and oxygen atoms in total. The molecule has 0 radical (unpaired) electrons. The van der Waals surface area contributed by atoms with Crippen LogP contribution >= 0.6 is 0 Å². The van der Waals surface area contributed by atoms with Gasteiger partial charge in [-0.1, -0.05) is 32.4 Å². The lowest BCUT2D eigenvalue weighted by Crippen LogP contribution is -2.44. The molecular weight excluding hydrogens is 768 g/mol. The fraction of sp³-hybridized carbons (Fsp3) is 0.442. The van der Waals surface area contributed by atoms with Crippen molar-refractivity contribution in [1.29, 1.82) is 0 Å². The van der Waals surface area contributed by atoms with Gasteiger partial charge in [0, 0.05) is 56.6 Å². The van der Waals surface area contributed by atoms with Crippen LogP contribution in [0.15, 0.2) is 70.6 Å². The Balaban J connectivity index is 0.00000104. The minimum absolute atomic E-state index is 0.0282. The number of aromatic nitrogens is 4. The van der Waals surface area contributed by atoms with Gasteiger partial charge in [0.2, 0.25) is 6.43 Å². The number of piperidine rings is 1. The summed E-state index contributed by atoms with van der Waals surface area (Å²) in [6, 6.07) is 10.3. The van der Waals surface area contributed by atoms with E-state index >= 15 is 4.39 Å². The van der Waals surface area contributed by atoms with Crippen molar-refractivity contribution in [3.8, 4) is 5.69 Å². The summed E-state index contributed by atoms with van der Waals surface area (Å²) >= 11 is 0. The molecule has 0 aliphatic carbocycles. The first-order valence-electron chi connectivity index (χ1n) is 20.0. The summed E-state index contributed by atoms with van der Waals surface area (Å²) in [4.78, 5) is 67.7. The zero-order valence-corrected chi connectivity index (χ0v) is 34.2. The molecule has 0 saturated carbocycles. The van der Waals surface area contributed by atoms with Crippen LogP contribution in [0.4, 0.5) is 18.9 Å². The molecule has 2 saturated heterocycles. The molecule has 5 aromatic rings. The summed E-state index contributed by atoms with van der Waals surface area (Å²) in [5.41, 5.74) is 1.44. The van der Waals surface area contributed by atoms with E-state index in [0.717, 1.165) is 37.4 Å². The molecule has 7 rings (SSSR count). The quantitative estimate of drug-likeness (QED) is 0.178. The Hall–Kier alpha value is -5.61. The number of hydrogen-bond donors (Lipinski definition) is 1. The third-order valence-corrected chi connectivity index (χ3v) is 10.1. The second-order valence-electron chi connectivity index (χ2n) is 14.1. The Labute approximate surface area is 340 Å². The largest absolute Gasteiger partial charge is 0.463 e. The van der Waals surface area contributed by atoms with Crippen LogP contribution < -0.4 is 21.5 Å². The fourth-order valence-corrected chi connectivity index (χ4v) is 7.30. The van der Waals surface area contributed by atoms with E-state index in [9.17, 15) is 28.0 Å². The highest BCUT2D eigenvalue weighted by Gasteiger charge is 2.28. The number of ether oxygens (including phenoxy) is 2. The number of esters is 1. The van der Waals surface area contributed by atoms with Crippen LogP contribution in [0.25, 0.3) is 27.5 Å². The molecule has 0 bridgehead atoms. The zero-order chi connectivity index (χ0) is 42.6. The molecule has 1 atom stereocenters. The predicted octanol–water partition coefficient (Wildman–Crippen LogP) is 5.58. The maximum Gasteiger partial charge on any atom is 0.335 e. The Bertz CT molecular complexity index is 2330. The molecule has 2 aliphatic heterocycles. The number of likely N-dealkylation sites (tertiary alicyclic amines) is 1. The SMILES string of the molecule is CC.CC(F)F.Cc1cc(N2CCOCC2)cc(F)c1C(=O)N[C@@H](Cc1ccc(-n2c(=O)c3ccncc3n(C)c2=O)c2ncccc12)C(=O)OCCN1CCCCC1. The smallest absolute Gasteiger partial charge is 0.335 e. The van der Waals surface area contributed by atoms with Gasteiger partial charge in [-0.15, -0.1) is 0 Å². The number of carbonyl (C=O) groups excluding carboxylic acids is 2. The zero-order valence-electron chi connectivity index (χ0n) is 34.2. The van der Waals surface area contributed by atoms with Crippen molar-refractivity contribution >= 4 is 39.4 Å². The molecule has 5 heterocycles. The summed E-state index contributed by atoms with van der Waals surface area (Å²) in [5, 5.41) is 3.64. The minimum Gasteiger partial charge on any atom is -0.463 e. The number of pyridine rings is 2. The van der Waals surface area contributed by atoms with Crippen molar-refractivity contribution in [2.24, 2.45) is 7.05 Å². The van der Waals surface area contributed by atoms with E-state index in [2.05, 4.69) is 20.2 Å². The summed E-state index contributed by atoms with van der Waals surface area (Å²) < 4.78 is 50.0. The number of benzene rings is 2. The third kappa shape index (κ3) is 10.7. The second-order valence-corrected chi connectivity index (χ2v) is 14.1. The van der Waals surface area contributed by atoms with E-state index in [4.69, 9.17) is 9.47 Å². The normalized spacial score (nSPS) is 14.9. The number of hydrogen-bond acceptors (Lipinski definition) is 10. The molecule has 2 aliphatic rings. The highest BCUT2D eigenvalue weighted by Crippen LogP contribution is 2.26. The molecule has 1 N–H and O–H groups in total. The van der Waals surface area contributed by atoms with Crippen molar-refractivity contribution in [3.05, 3.63) is 104 Å². The van der Waals surface area contributed by atoms with Crippen molar-refractivity contribution < 1.29 is 32.2 Å². The summed E-state index contributed by atoms with van der Waals surface area (Å²) in [6.07, 6.45) is 5.67. The van der Waals surface area contributed by atoms with Crippen LogP contribution in [0, 0.1) is 12.7 Å². The monoisotopic (exact) mass is 819 g/mol. The fourth-order valence-electron chi connectivity index (χ4n) is 7.30. The maximum atomic E-state index is 15.7. The summed E-state index contributed by atoms with van der Waals surface area (Å²) in [6.45, 7) is 11.4. The number of amides is 1. The van der Waals surface area contributed by atoms with E-state index in [1.807, 2.05) is 18.7 Å². The van der Waals surface area contributed by atoms with Gasteiger partial charge < -0.3 is 19.7 Å². The molecular formula is C43H52F3N7O6. The Morgan fingerprint density at radius 3 is 2.37 bits per heavy atom. The molecule has 59 heavy (non-hydrogen) atoms.